The lowest BCUT2D eigenvalue weighted by Crippen LogP contribution is -2.02. The standard InChI is InChI=1S/C16H14N2O/c19-11-5-7-14-12-13-6-1-2-8-15(13)18(14)16-9-3-4-10-17-16/h1-4,6,8-12H,5,7H2. The molecule has 2 aromatic heterocycles. The van der Waals surface area contributed by atoms with Gasteiger partial charge in [0.25, 0.3) is 0 Å². The second kappa shape index (κ2) is 5.06. The highest BCUT2D eigenvalue weighted by atomic mass is 16.1. The molecule has 0 atom stereocenters. The average molecular weight is 250 g/mol. The van der Waals surface area contributed by atoms with Crippen LogP contribution in [-0.2, 0) is 11.2 Å². The molecular weight excluding hydrogens is 236 g/mol. The Bertz CT molecular complexity index is 701. The van der Waals surface area contributed by atoms with E-state index in [0.29, 0.717) is 6.42 Å². The van der Waals surface area contributed by atoms with Crippen molar-refractivity contribution in [1.29, 1.82) is 0 Å². The largest absolute Gasteiger partial charge is 0.303 e. The van der Waals surface area contributed by atoms with Crippen molar-refractivity contribution in [2.75, 3.05) is 0 Å². The Kier molecular flexibility index (Phi) is 3.11. The highest BCUT2D eigenvalue weighted by Gasteiger charge is 2.10. The molecule has 0 saturated carbocycles. The number of carbonyl (C=O) groups is 1. The molecule has 0 aliphatic carbocycles. The van der Waals surface area contributed by atoms with Crippen molar-refractivity contribution >= 4 is 17.2 Å². The van der Waals surface area contributed by atoms with Gasteiger partial charge in [-0.3, -0.25) is 4.57 Å². The molecule has 0 radical (unpaired) electrons. The molecule has 0 N–H and O–H groups in total. The van der Waals surface area contributed by atoms with Crippen LogP contribution in [-0.4, -0.2) is 15.8 Å². The molecule has 0 amide bonds. The fraction of sp³-hybridized carbons (Fsp3) is 0.125. The zero-order chi connectivity index (χ0) is 13.1. The third-order valence-corrected chi connectivity index (χ3v) is 3.18. The number of benzene rings is 1. The number of pyridine rings is 1. The van der Waals surface area contributed by atoms with Gasteiger partial charge in [-0.2, -0.15) is 0 Å². The topological polar surface area (TPSA) is 34.9 Å². The van der Waals surface area contributed by atoms with Crippen molar-refractivity contribution in [2.24, 2.45) is 0 Å². The second-order valence-electron chi connectivity index (χ2n) is 4.42. The van der Waals surface area contributed by atoms with E-state index in [1.54, 1.807) is 6.20 Å². The molecule has 3 heteroatoms. The van der Waals surface area contributed by atoms with E-state index in [1.807, 2.05) is 30.3 Å². The number of hydrogen-bond donors (Lipinski definition) is 0. The summed E-state index contributed by atoms with van der Waals surface area (Å²) in [5, 5.41) is 1.18. The minimum atomic E-state index is 0.531. The van der Waals surface area contributed by atoms with Crippen LogP contribution in [0.15, 0.2) is 54.7 Å². The second-order valence-corrected chi connectivity index (χ2v) is 4.42. The molecular formula is C16H14N2O. The Labute approximate surface area is 111 Å². The van der Waals surface area contributed by atoms with E-state index < -0.39 is 0 Å². The van der Waals surface area contributed by atoms with Crippen molar-refractivity contribution in [1.82, 2.24) is 9.55 Å². The van der Waals surface area contributed by atoms with E-state index in [9.17, 15) is 4.79 Å². The summed E-state index contributed by atoms with van der Waals surface area (Å²) in [4.78, 5) is 15.0. The molecule has 1 aromatic carbocycles. The van der Waals surface area contributed by atoms with Gasteiger partial charge >= 0.3 is 0 Å². The number of para-hydroxylation sites is 1. The fourth-order valence-electron chi connectivity index (χ4n) is 2.36. The summed E-state index contributed by atoms with van der Waals surface area (Å²) in [6.45, 7) is 0. The number of nitrogens with zero attached hydrogens (tertiary/aromatic N) is 2. The average Bonchev–Trinajstić information content (AvgIpc) is 2.84. The summed E-state index contributed by atoms with van der Waals surface area (Å²) in [7, 11) is 0. The molecule has 2 heterocycles. The normalized spacial score (nSPS) is 10.7. The summed E-state index contributed by atoms with van der Waals surface area (Å²) in [6, 6.07) is 16.2. The minimum absolute atomic E-state index is 0.531. The van der Waals surface area contributed by atoms with Crippen molar-refractivity contribution in [2.45, 2.75) is 12.8 Å². The van der Waals surface area contributed by atoms with Crippen LogP contribution >= 0.6 is 0 Å². The summed E-state index contributed by atoms with van der Waals surface area (Å²) < 4.78 is 2.12. The number of rotatable bonds is 4. The van der Waals surface area contributed by atoms with Gasteiger partial charge in [-0.15, -0.1) is 0 Å². The van der Waals surface area contributed by atoms with Crippen LogP contribution in [0.5, 0.6) is 0 Å². The quantitative estimate of drug-likeness (QED) is 0.667. The van der Waals surface area contributed by atoms with Gasteiger partial charge in [0.2, 0.25) is 0 Å². The van der Waals surface area contributed by atoms with E-state index in [-0.39, 0.29) is 0 Å². The molecule has 0 fully saturated rings. The molecule has 0 saturated heterocycles. The number of hydrogen-bond acceptors (Lipinski definition) is 2. The molecule has 0 aliphatic rings. The maximum atomic E-state index is 10.6. The number of aryl methyl sites for hydroxylation is 1. The highest BCUT2D eigenvalue weighted by molar-refractivity contribution is 5.83. The van der Waals surface area contributed by atoms with Crippen LogP contribution in [0, 0.1) is 0 Å². The van der Waals surface area contributed by atoms with E-state index in [1.165, 1.54) is 5.39 Å². The van der Waals surface area contributed by atoms with Crippen LogP contribution in [0.3, 0.4) is 0 Å². The van der Waals surface area contributed by atoms with Crippen LogP contribution in [0.25, 0.3) is 16.7 Å². The van der Waals surface area contributed by atoms with Gasteiger partial charge in [0.05, 0.1) is 5.52 Å². The molecule has 19 heavy (non-hydrogen) atoms. The van der Waals surface area contributed by atoms with Crippen LogP contribution in [0.4, 0.5) is 0 Å². The van der Waals surface area contributed by atoms with Crippen molar-refractivity contribution in [3.63, 3.8) is 0 Å². The Balaban J connectivity index is 2.21. The summed E-state index contributed by atoms with van der Waals surface area (Å²) >= 11 is 0. The van der Waals surface area contributed by atoms with Gasteiger partial charge in [0, 0.05) is 23.7 Å². The molecule has 94 valence electrons. The first kappa shape index (κ1) is 11.7. The predicted molar refractivity (Wildman–Crippen MR) is 75.5 cm³/mol. The minimum Gasteiger partial charge on any atom is -0.303 e. The Hall–Kier alpha value is -2.42. The van der Waals surface area contributed by atoms with Crippen molar-refractivity contribution in [3.8, 4) is 5.82 Å². The van der Waals surface area contributed by atoms with Gasteiger partial charge in [-0.25, -0.2) is 4.98 Å². The molecule has 0 unspecified atom stereocenters. The monoisotopic (exact) mass is 250 g/mol. The number of fused-ring (bicyclic) bond motifs is 1. The Morgan fingerprint density at radius 1 is 1.11 bits per heavy atom. The third kappa shape index (κ3) is 2.15. The summed E-state index contributed by atoms with van der Waals surface area (Å²) in [5.41, 5.74) is 2.24. The molecule has 0 bridgehead atoms. The molecule has 0 spiro atoms. The zero-order valence-electron chi connectivity index (χ0n) is 10.5. The Morgan fingerprint density at radius 2 is 1.95 bits per heavy atom. The van der Waals surface area contributed by atoms with Gasteiger partial charge < -0.3 is 4.79 Å². The number of aldehydes is 1. The van der Waals surface area contributed by atoms with Crippen LogP contribution in [0.2, 0.25) is 0 Å². The first-order valence-corrected chi connectivity index (χ1v) is 6.34. The molecule has 3 rings (SSSR count). The predicted octanol–water partition coefficient (Wildman–Crippen LogP) is 3.16. The van der Waals surface area contributed by atoms with E-state index in [4.69, 9.17) is 0 Å². The fourth-order valence-corrected chi connectivity index (χ4v) is 2.36. The number of carbonyl (C=O) groups excluding carboxylic acids is 1. The first-order chi connectivity index (χ1) is 9.40. The van der Waals surface area contributed by atoms with E-state index >= 15 is 0 Å². The van der Waals surface area contributed by atoms with Crippen molar-refractivity contribution < 1.29 is 4.79 Å². The van der Waals surface area contributed by atoms with E-state index in [2.05, 4.69) is 27.8 Å². The lowest BCUT2D eigenvalue weighted by molar-refractivity contribution is -0.107. The summed E-state index contributed by atoms with van der Waals surface area (Å²) in [6.07, 6.45) is 4.01. The molecule has 3 nitrogen and oxygen atoms in total. The van der Waals surface area contributed by atoms with Crippen molar-refractivity contribution in [3.05, 3.63) is 60.4 Å². The van der Waals surface area contributed by atoms with Gasteiger partial charge in [0.15, 0.2) is 0 Å². The van der Waals surface area contributed by atoms with Crippen LogP contribution in [0.1, 0.15) is 12.1 Å². The maximum Gasteiger partial charge on any atom is 0.137 e. The molecule has 3 aromatic rings. The zero-order valence-corrected chi connectivity index (χ0v) is 10.5. The molecule has 0 aliphatic heterocycles. The maximum absolute atomic E-state index is 10.6. The highest BCUT2D eigenvalue weighted by Crippen LogP contribution is 2.24. The lowest BCUT2D eigenvalue weighted by atomic mass is 10.2. The Morgan fingerprint density at radius 3 is 2.74 bits per heavy atom. The first-order valence-electron chi connectivity index (χ1n) is 6.34. The van der Waals surface area contributed by atoms with Gasteiger partial charge in [-0.1, -0.05) is 24.3 Å². The van der Waals surface area contributed by atoms with Gasteiger partial charge in [-0.05, 0) is 30.7 Å². The lowest BCUT2D eigenvalue weighted by Gasteiger charge is -2.08. The van der Waals surface area contributed by atoms with E-state index in [0.717, 1.165) is 29.7 Å². The number of aromatic nitrogens is 2. The van der Waals surface area contributed by atoms with Crippen LogP contribution < -0.4 is 0 Å². The smallest absolute Gasteiger partial charge is 0.137 e. The van der Waals surface area contributed by atoms with Gasteiger partial charge in [0.1, 0.15) is 12.1 Å². The SMILES string of the molecule is O=CCCc1cc2ccccc2n1-c1ccccn1. The summed E-state index contributed by atoms with van der Waals surface area (Å²) in [5.74, 6) is 0.893. The third-order valence-electron chi connectivity index (χ3n) is 3.18.